The van der Waals surface area contributed by atoms with Gasteiger partial charge in [-0.2, -0.15) is 0 Å². The van der Waals surface area contributed by atoms with E-state index in [4.69, 9.17) is 5.11 Å². The molecule has 94 valence electrons. The lowest BCUT2D eigenvalue weighted by molar-refractivity contribution is -0.146. The number of rotatable bonds is 5. The van der Waals surface area contributed by atoms with Gasteiger partial charge >= 0.3 is 5.97 Å². The van der Waals surface area contributed by atoms with E-state index in [0.717, 1.165) is 10.4 Å². The zero-order chi connectivity index (χ0) is 13.0. The molecule has 17 heavy (non-hydrogen) atoms. The Morgan fingerprint density at radius 2 is 2.06 bits per heavy atom. The van der Waals surface area contributed by atoms with E-state index in [-0.39, 0.29) is 5.91 Å². The highest BCUT2D eigenvalue weighted by Gasteiger charge is 2.25. The summed E-state index contributed by atoms with van der Waals surface area (Å²) < 4.78 is 0. The second-order valence-corrected chi connectivity index (χ2v) is 5.16. The molecule has 0 aliphatic rings. The molecule has 0 bridgehead atoms. The summed E-state index contributed by atoms with van der Waals surface area (Å²) in [5.74, 6) is -2.35. The van der Waals surface area contributed by atoms with E-state index in [9.17, 15) is 9.59 Å². The Hall–Kier alpha value is -1.36. The molecule has 0 aromatic carbocycles. The number of amides is 1. The van der Waals surface area contributed by atoms with Gasteiger partial charge in [0, 0.05) is 10.8 Å². The van der Waals surface area contributed by atoms with Crippen molar-refractivity contribution in [3.63, 3.8) is 0 Å². The Labute approximate surface area is 105 Å². The summed E-state index contributed by atoms with van der Waals surface area (Å²) in [6.07, 6.45) is 0. The number of carboxylic acid groups (broad SMARTS) is 1. The number of thiophene rings is 1. The van der Waals surface area contributed by atoms with Crippen LogP contribution < -0.4 is 5.32 Å². The van der Waals surface area contributed by atoms with Crippen molar-refractivity contribution in [1.82, 2.24) is 5.32 Å². The average molecular weight is 255 g/mol. The maximum Gasteiger partial charge on any atom is 0.307 e. The molecule has 1 aromatic rings. The average Bonchev–Trinajstić information content (AvgIpc) is 2.69. The third-order valence-electron chi connectivity index (χ3n) is 2.94. The SMILES string of the molecule is Cc1ccsc1CNC(=O)C(C)C(C)C(=O)O. The van der Waals surface area contributed by atoms with Gasteiger partial charge in [0.2, 0.25) is 5.91 Å². The third-order valence-corrected chi connectivity index (χ3v) is 3.97. The van der Waals surface area contributed by atoms with Gasteiger partial charge in [0.25, 0.3) is 0 Å². The van der Waals surface area contributed by atoms with E-state index in [1.165, 1.54) is 0 Å². The van der Waals surface area contributed by atoms with Gasteiger partial charge in [0.05, 0.1) is 12.5 Å². The van der Waals surface area contributed by atoms with Gasteiger partial charge in [-0.05, 0) is 23.9 Å². The monoisotopic (exact) mass is 255 g/mol. The van der Waals surface area contributed by atoms with Crippen LogP contribution >= 0.6 is 11.3 Å². The van der Waals surface area contributed by atoms with Crippen LogP contribution in [0, 0.1) is 18.8 Å². The highest BCUT2D eigenvalue weighted by molar-refractivity contribution is 7.10. The second-order valence-electron chi connectivity index (χ2n) is 4.16. The number of carbonyl (C=O) groups excluding carboxylic acids is 1. The van der Waals surface area contributed by atoms with Gasteiger partial charge < -0.3 is 10.4 Å². The van der Waals surface area contributed by atoms with Crippen LogP contribution in [0.25, 0.3) is 0 Å². The Kier molecular flexibility index (Phi) is 4.69. The van der Waals surface area contributed by atoms with Crippen molar-refractivity contribution in [1.29, 1.82) is 0 Å². The maximum absolute atomic E-state index is 11.7. The van der Waals surface area contributed by atoms with Gasteiger partial charge in [-0.15, -0.1) is 11.3 Å². The van der Waals surface area contributed by atoms with Crippen molar-refractivity contribution in [3.8, 4) is 0 Å². The molecule has 0 aliphatic carbocycles. The number of carbonyl (C=O) groups is 2. The number of carboxylic acids is 1. The van der Waals surface area contributed by atoms with E-state index in [2.05, 4.69) is 5.32 Å². The molecule has 1 amide bonds. The van der Waals surface area contributed by atoms with Crippen molar-refractivity contribution < 1.29 is 14.7 Å². The molecule has 1 rings (SSSR count). The molecule has 0 aliphatic heterocycles. The molecule has 0 fully saturated rings. The van der Waals surface area contributed by atoms with E-state index in [1.807, 2.05) is 18.4 Å². The molecule has 0 saturated heterocycles. The van der Waals surface area contributed by atoms with Crippen molar-refractivity contribution in [2.24, 2.45) is 11.8 Å². The highest BCUT2D eigenvalue weighted by atomic mass is 32.1. The van der Waals surface area contributed by atoms with E-state index >= 15 is 0 Å². The lowest BCUT2D eigenvalue weighted by atomic mass is 9.95. The first-order valence-corrected chi connectivity index (χ1v) is 6.35. The van der Waals surface area contributed by atoms with Crippen molar-refractivity contribution in [2.45, 2.75) is 27.3 Å². The number of nitrogens with one attached hydrogen (secondary N) is 1. The summed E-state index contributed by atoms with van der Waals surface area (Å²) in [4.78, 5) is 23.6. The van der Waals surface area contributed by atoms with Gasteiger partial charge in [-0.1, -0.05) is 13.8 Å². The molecule has 2 N–H and O–H groups in total. The Bertz CT molecular complexity index is 414. The Balaban J connectivity index is 2.50. The zero-order valence-corrected chi connectivity index (χ0v) is 11.0. The van der Waals surface area contributed by atoms with Crippen molar-refractivity contribution in [3.05, 3.63) is 21.9 Å². The minimum atomic E-state index is -0.944. The van der Waals surface area contributed by atoms with Crippen LogP contribution in [0.5, 0.6) is 0 Å². The maximum atomic E-state index is 11.7. The fourth-order valence-corrected chi connectivity index (χ4v) is 2.20. The predicted octanol–water partition coefficient (Wildman–Crippen LogP) is 2.03. The van der Waals surface area contributed by atoms with Crippen LogP contribution in [0.15, 0.2) is 11.4 Å². The topological polar surface area (TPSA) is 66.4 Å². The van der Waals surface area contributed by atoms with Gasteiger partial charge in [0.1, 0.15) is 0 Å². The first-order valence-electron chi connectivity index (χ1n) is 5.47. The van der Waals surface area contributed by atoms with Gasteiger partial charge in [-0.3, -0.25) is 9.59 Å². The molecule has 2 atom stereocenters. The molecular weight excluding hydrogens is 238 g/mol. The largest absolute Gasteiger partial charge is 0.481 e. The molecule has 4 nitrogen and oxygen atoms in total. The normalized spacial score (nSPS) is 14.1. The second kappa shape index (κ2) is 5.82. The molecule has 1 heterocycles. The summed E-state index contributed by atoms with van der Waals surface area (Å²) in [6, 6.07) is 2.00. The number of hydrogen-bond acceptors (Lipinski definition) is 3. The fraction of sp³-hybridized carbons (Fsp3) is 0.500. The van der Waals surface area contributed by atoms with Crippen LogP contribution in [0.2, 0.25) is 0 Å². The van der Waals surface area contributed by atoms with E-state index in [0.29, 0.717) is 6.54 Å². The fourth-order valence-electron chi connectivity index (χ4n) is 1.35. The number of hydrogen-bond donors (Lipinski definition) is 2. The molecular formula is C12H17NO3S. The van der Waals surface area contributed by atoms with E-state index < -0.39 is 17.8 Å². The Morgan fingerprint density at radius 1 is 1.41 bits per heavy atom. The number of aliphatic carboxylic acids is 1. The first-order chi connectivity index (χ1) is 7.93. The zero-order valence-electron chi connectivity index (χ0n) is 10.2. The van der Waals surface area contributed by atoms with Crippen LogP contribution in [-0.4, -0.2) is 17.0 Å². The summed E-state index contributed by atoms with van der Waals surface area (Å²) in [6.45, 7) is 5.64. The van der Waals surface area contributed by atoms with Gasteiger partial charge in [-0.25, -0.2) is 0 Å². The summed E-state index contributed by atoms with van der Waals surface area (Å²) >= 11 is 1.59. The lowest BCUT2D eigenvalue weighted by Gasteiger charge is -2.15. The van der Waals surface area contributed by atoms with Crippen LogP contribution in [-0.2, 0) is 16.1 Å². The van der Waals surface area contributed by atoms with Crippen LogP contribution in [0.4, 0.5) is 0 Å². The summed E-state index contributed by atoms with van der Waals surface area (Å²) in [5.41, 5.74) is 1.15. The van der Waals surface area contributed by atoms with Crippen molar-refractivity contribution >= 4 is 23.2 Å². The summed E-state index contributed by atoms with van der Waals surface area (Å²) in [7, 11) is 0. The van der Waals surface area contributed by atoms with E-state index in [1.54, 1.807) is 25.2 Å². The van der Waals surface area contributed by atoms with Gasteiger partial charge in [0.15, 0.2) is 0 Å². The quantitative estimate of drug-likeness (QED) is 0.846. The first kappa shape index (κ1) is 13.7. The third kappa shape index (κ3) is 3.56. The molecule has 2 unspecified atom stereocenters. The summed E-state index contributed by atoms with van der Waals surface area (Å²) in [5, 5.41) is 13.6. The molecule has 5 heteroatoms. The molecule has 0 radical (unpaired) electrons. The predicted molar refractivity (Wildman–Crippen MR) is 66.9 cm³/mol. The Morgan fingerprint density at radius 3 is 2.53 bits per heavy atom. The minimum absolute atomic E-state index is 0.215. The van der Waals surface area contributed by atoms with Crippen LogP contribution in [0.1, 0.15) is 24.3 Å². The lowest BCUT2D eigenvalue weighted by Crippen LogP contribution is -2.34. The molecule has 1 aromatic heterocycles. The smallest absolute Gasteiger partial charge is 0.307 e. The number of aryl methyl sites for hydroxylation is 1. The minimum Gasteiger partial charge on any atom is -0.481 e. The standard InChI is InChI=1S/C12H17NO3S/c1-7-4-5-17-10(7)6-13-11(14)8(2)9(3)12(15)16/h4-5,8-9H,6H2,1-3H3,(H,13,14)(H,15,16). The molecule has 0 saturated carbocycles. The molecule has 0 spiro atoms. The highest BCUT2D eigenvalue weighted by Crippen LogP contribution is 2.16. The van der Waals surface area contributed by atoms with Crippen molar-refractivity contribution in [2.75, 3.05) is 0 Å². The van der Waals surface area contributed by atoms with Crippen LogP contribution in [0.3, 0.4) is 0 Å².